The minimum atomic E-state index is -3.64. The summed E-state index contributed by atoms with van der Waals surface area (Å²) in [5.41, 5.74) is 2.22. The molecule has 0 radical (unpaired) electrons. The molecule has 1 atom stereocenters. The minimum Gasteiger partial charge on any atom is -0.380 e. The van der Waals surface area contributed by atoms with Crippen molar-refractivity contribution in [3.8, 4) is 0 Å². The summed E-state index contributed by atoms with van der Waals surface area (Å²) in [6, 6.07) is -0.331. The predicted octanol–water partition coefficient (Wildman–Crippen LogP) is -0.534. The lowest BCUT2D eigenvalue weighted by atomic mass is 10.4. The van der Waals surface area contributed by atoms with E-state index < -0.39 is 10.0 Å². The van der Waals surface area contributed by atoms with Crippen LogP contribution in [0.15, 0.2) is 17.3 Å². The maximum atomic E-state index is 11.9. The van der Waals surface area contributed by atoms with E-state index in [9.17, 15) is 8.42 Å². The van der Waals surface area contributed by atoms with Gasteiger partial charge >= 0.3 is 0 Å². The number of nitrogens with one attached hydrogen (secondary N) is 2. The van der Waals surface area contributed by atoms with Crippen molar-refractivity contribution >= 4 is 16.0 Å². The van der Waals surface area contributed by atoms with Gasteiger partial charge < -0.3 is 4.74 Å². The molecule has 0 spiro atoms. The molecule has 8 nitrogen and oxygen atoms in total. The standard InChI is InChI=1S/C9H17N5O3S/c1-3-17-6-7(2)14-18(15,16)8-4-11-9(13-10)12-5-8/h4-5,7,14H,3,6,10H2,1-2H3,(H,11,12,13). The van der Waals surface area contributed by atoms with Gasteiger partial charge in [-0.25, -0.2) is 29.0 Å². The minimum absolute atomic E-state index is 0.0233. The van der Waals surface area contributed by atoms with Gasteiger partial charge in [-0.1, -0.05) is 0 Å². The molecule has 0 aliphatic carbocycles. The fourth-order valence-electron chi connectivity index (χ4n) is 1.19. The highest BCUT2D eigenvalue weighted by molar-refractivity contribution is 7.89. The van der Waals surface area contributed by atoms with Gasteiger partial charge in [-0.2, -0.15) is 0 Å². The first-order valence-electron chi connectivity index (χ1n) is 5.38. The van der Waals surface area contributed by atoms with E-state index in [1.54, 1.807) is 6.92 Å². The summed E-state index contributed by atoms with van der Waals surface area (Å²) in [6.45, 7) is 4.39. The number of sulfonamides is 1. The number of hydrogen-bond donors (Lipinski definition) is 3. The first kappa shape index (κ1) is 14.8. The lowest BCUT2D eigenvalue weighted by molar-refractivity contribution is 0.133. The number of nitrogens with two attached hydrogens (primary N) is 1. The summed E-state index contributed by atoms with van der Waals surface area (Å²) in [5.74, 6) is 5.24. The van der Waals surface area contributed by atoms with Crippen LogP contribution in [0.3, 0.4) is 0 Å². The molecule has 102 valence electrons. The van der Waals surface area contributed by atoms with Gasteiger partial charge in [0.1, 0.15) is 4.90 Å². The molecular formula is C9H17N5O3S. The topological polar surface area (TPSA) is 119 Å². The van der Waals surface area contributed by atoms with Crippen LogP contribution in [0, 0.1) is 0 Å². The molecule has 0 fully saturated rings. The molecule has 18 heavy (non-hydrogen) atoms. The van der Waals surface area contributed by atoms with Gasteiger partial charge in [0.15, 0.2) is 0 Å². The van der Waals surface area contributed by atoms with Gasteiger partial charge in [-0.3, -0.25) is 5.43 Å². The molecule has 4 N–H and O–H groups in total. The lowest BCUT2D eigenvalue weighted by Gasteiger charge is -2.13. The van der Waals surface area contributed by atoms with Crippen LogP contribution in [0.1, 0.15) is 13.8 Å². The highest BCUT2D eigenvalue weighted by Gasteiger charge is 2.18. The van der Waals surface area contributed by atoms with Crippen molar-refractivity contribution in [3.05, 3.63) is 12.4 Å². The van der Waals surface area contributed by atoms with Gasteiger partial charge in [0.05, 0.1) is 19.0 Å². The average molecular weight is 275 g/mol. The van der Waals surface area contributed by atoms with E-state index in [-0.39, 0.29) is 16.9 Å². The molecular weight excluding hydrogens is 258 g/mol. The molecule has 0 aliphatic heterocycles. The van der Waals surface area contributed by atoms with Gasteiger partial charge in [-0.15, -0.1) is 0 Å². The van der Waals surface area contributed by atoms with Gasteiger partial charge in [0.25, 0.3) is 0 Å². The highest BCUT2D eigenvalue weighted by Crippen LogP contribution is 2.07. The Morgan fingerprint density at radius 2 is 2.06 bits per heavy atom. The number of nitrogen functional groups attached to an aromatic ring is 1. The summed E-state index contributed by atoms with van der Waals surface area (Å²) < 4.78 is 31.4. The summed E-state index contributed by atoms with van der Waals surface area (Å²) in [5, 5.41) is 0. The monoisotopic (exact) mass is 275 g/mol. The zero-order chi connectivity index (χ0) is 13.6. The van der Waals surface area contributed by atoms with Crippen LogP contribution < -0.4 is 16.0 Å². The van der Waals surface area contributed by atoms with E-state index in [2.05, 4.69) is 20.1 Å². The van der Waals surface area contributed by atoms with E-state index in [0.717, 1.165) is 0 Å². The smallest absolute Gasteiger partial charge is 0.243 e. The number of ether oxygens (including phenoxy) is 1. The number of rotatable bonds is 7. The van der Waals surface area contributed by atoms with Crippen molar-refractivity contribution in [2.24, 2.45) is 5.84 Å². The van der Waals surface area contributed by atoms with Crippen molar-refractivity contribution < 1.29 is 13.2 Å². The molecule has 1 aromatic rings. The molecule has 1 unspecified atom stereocenters. The Balaban J connectivity index is 2.73. The van der Waals surface area contributed by atoms with E-state index in [1.165, 1.54) is 12.4 Å². The van der Waals surface area contributed by atoms with Gasteiger partial charge in [-0.05, 0) is 13.8 Å². The predicted molar refractivity (Wildman–Crippen MR) is 66.1 cm³/mol. The summed E-state index contributed by atoms with van der Waals surface area (Å²) in [4.78, 5) is 7.45. The third kappa shape index (κ3) is 4.18. The zero-order valence-corrected chi connectivity index (χ0v) is 11.1. The van der Waals surface area contributed by atoms with Crippen LogP contribution in [0.4, 0.5) is 5.95 Å². The van der Waals surface area contributed by atoms with E-state index >= 15 is 0 Å². The average Bonchev–Trinajstić information content (AvgIpc) is 2.36. The Bertz CT molecular complexity index is 462. The number of nitrogens with zero attached hydrogens (tertiary/aromatic N) is 2. The van der Waals surface area contributed by atoms with Crippen molar-refractivity contribution in [1.29, 1.82) is 0 Å². The van der Waals surface area contributed by atoms with Crippen LogP contribution in [0.2, 0.25) is 0 Å². The van der Waals surface area contributed by atoms with E-state index in [4.69, 9.17) is 10.6 Å². The van der Waals surface area contributed by atoms with Crippen LogP contribution in [0.5, 0.6) is 0 Å². The Hall–Kier alpha value is -1.29. The fourth-order valence-corrected chi connectivity index (χ4v) is 2.31. The summed E-state index contributed by atoms with van der Waals surface area (Å²) >= 11 is 0. The third-order valence-electron chi connectivity index (χ3n) is 2.00. The molecule has 0 aliphatic rings. The van der Waals surface area contributed by atoms with Crippen LogP contribution in [0.25, 0.3) is 0 Å². The summed E-state index contributed by atoms with van der Waals surface area (Å²) in [6.07, 6.45) is 2.36. The van der Waals surface area contributed by atoms with Gasteiger partial charge in [0, 0.05) is 12.6 Å². The molecule has 1 aromatic heterocycles. The number of aromatic nitrogens is 2. The largest absolute Gasteiger partial charge is 0.380 e. The van der Waals surface area contributed by atoms with Crippen LogP contribution >= 0.6 is 0 Å². The molecule has 0 saturated carbocycles. The quantitative estimate of drug-likeness (QED) is 0.452. The Labute approximate surface area is 106 Å². The molecule has 0 bridgehead atoms. The summed E-state index contributed by atoms with van der Waals surface area (Å²) in [7, 11) is -3.64. The van der Waals surface area contributed by atoms with Gasteiger partial charge in [0.2, 0.25) is 16.0 Å². The van der Waals surface area contributed by atoms with Crippen molar-refractivity contribution in [1.82, 2.24) is 14.7 Å². The Morgan fingerprint density at radius 1 is 1.44 bits per heavy atom. The SMILES string of the molecule is CCOCC(C)NS(=O)(=O)c1cnc(NN)nc1. The second-order valence-electron chi connectivity index (χ2n) is 3.57. The number of hydrogen-bond acceptors (Lipinski definition) is 7. The van der Waals surface area contributed by atoms with E-state index in [1.807, 2.05) is 6.92 Å². The Kier molecular flexibility index (Phi) is 5.41. The van der Waals surface area contributed by atoms with Crippen LogP contribution in [-0.2, 0) is 14.8 Å². The second-order valence-corrected chi connectivity index (χ2v) is 5.28. The maximum absolute atomic E-state index is 11.9. The molecule has 1 rings (SSSR count). The normalized spacial score (nSPS) is 13.3. The van der Waals surface area contributed by atoms with Crippen molar-refractivity contribution in [2.45, 2.75) is 24.8 Å². The lowest BCUT2D eigenvalue weighted by Crippen LogP contribution is -2.36. The Morgan fingerprint density at radius 3 is 2.56 bits per heavy atom. The number of anilines is 1. The fraction of sp³-hybridized carbons (Fsp3) is 0.556. The molecule has 9 heteroatoms. The highest BCUT2D eigenvalue weighted by atomic mass is 32.2. The number of hydrazine groups is 1. The van der Waals surface area contributed by atoms with E-state index in [0.29, 0.717) is 13.2 Å². The molecule has 0 saturated heterocycles. The molecule has 1 heterocycles. The van der Waals surface area contributed by atoms with Crippen LogP contribution in [-0.4, -0.2) is 37.6 Å². The third-order valence-corrected chi connectivity index (χ3v) is 3.54. The first-order chi connectivity index (χ1) is 8.49. The van der Waals surface area contributed by atoms with Crippen molar-refractivity contribution in [3.63, 3.8) is 0 Å². The maximum Gasteiger partial charge on any atom is 0.243 e. The molecule has 0 aromatic carbocycles. The first-order valence-corrected chi connectivity index (χ1v) is 6.86. The zero-order valence-electron chi connectivity index (χ0n) is 10.3. The molecule has 0 amide bonds. The van der Waals surface area contributed by atoms with Crippen molar-refractivity contribution in [2.75, 3.05) is 18.6 Å². The second kappa shape index (κ2) is 6.59.